The Labute approximate surface area is 208 Å². The molecule has 0 saturated carbocycles. The van der Waals surface area contributed by atoms with Gasteiger partial charge in [-0.15, -0.1) is 0 Å². The Hall–Kier alpha value is -3.19. The summed E-state index contributed by atoms with van der Waals surface area (Å²) in [5.41, 5.74) is 2.59. The van der Waals surface area contributed by atoms with E-state index in [0.29, 0.717) is 18.3 Å². The van der Waals surface area contributed by atoms with Crippen LogP contribution < -0.4 is 4.74 Å². The highest BCUT2D eigenvalue weighted by Crippen LogP contribution is 2.24. The van der Waals surface area contributed by atoms with Crippen molar-refractivity contribution in [1.29, 1.82) is 0 Å². The van der Waals surface area contributed by atoms with E-state index in [2.05, 4.69) is 70.5 Å². The largest absolute Gasteiger partial charge is 0.513 e. The number of piperidine rings is 1. The van der Waals surface area contributed by atoms with E-state index in [1.165, 1.54) is 11.1 Å². The zero-order valence-corrected chi connectivity index (χ0v) is 20.3. The van der Waals surface area contributed by atoms with E-state index in [1.54, 1.807) is 19.2 Å². The van der Waals surface area contributed by atoms with E-state index in [1.807, 2.05) is 18.2 Å². The fraction of sp³-hybridized carbons (Fsp3) is 0.345. The van der Waals surface area contributed by atoms with E-state index in [0.717, 1.165) is 32.6 Å². The molecule has 1 heterocycles. The highest BCUT2D eigenvalue weighted by molar-refractivity contribution is 5.63. The van der Waals surface area contributed by atoms with Gasteiger partial charge in [-0.2, -0.15) is 0 Å². The lowest BCUT2D eigenvalue weighted by Crippen LogP contribution is -2.55. The van der Waals surface area contributed by atoms with E-state index >= 15 is 0 Å². The molecule has 1 aliphatic rings. The Morgan fingerprint density at radius 2 is 1.46 bits per heavy atom. The minimum Gasteiger partial charge on any atom is -0.433 e. The highest BCUT2D eigenvalue weighted by Gasteiger charge is 2.33. The maximum atomic E-state index is 12.0. The molecule has 6 heteroatoms. The third-order valence-corrected chi connectivity index (χ3v) is 6.41. The summed E-state index contributed by atoms with van der Waals surface area (Å²) < 4.78 is 16.5. The molecule has 0 spiro atoms. The van der Waals surface area contributed by atoms with Gasteiger partial charge in [0.25, 0.3) is 0 Å². The first kappa shape index (κ1) is 24.9. The molecule has 4 rings (SSSR count). The Kier molecular flexibility index (Phi) is 9.29. The van der Waals surface area contributed by atoms with E-state index in [-0.39, 0.29) is 12.7 Å². The number of likely N-dealkylation sites (tertiary alicyclic amines) is 1. The molecular weight excluding hydrogens is 440 g/mol. The van der Waals surface area contributed by atoms with Crippen LogP contribution in [-0.2, 0) is 22.6 Å². The van der Waals surface area contributed by atoms with Crippen LogP contribution in [-0.4, -0.2) is 61.5 Å². The lowest BCUT2D eigenvalue weighted by atomic mass is 9.98. The SMILES string of the molecule is CO[C@H]1CN(CCOC(=O)Oc2ccccc2)CC[C@H]1N(Cc1ccccc1)Cc1ccccc1. The van der Waals surface area contributed by atoms with Crippen molar-refractivity contribution in [3.05, 3.63) is 102 Å². The summed E-state index contributed by atoms with van der Waals surface area (Å²) in [5.74, 6) is 0.481. The molecule has 184 valence electrons. The van der Waals surface area contributed by atoms with E-state index in [4.69, 9.17) is 14.2 Å². The predicted molar refractivity (Wildman–Crippen MR) is 136 cm³/mol. The van der Waals surface area contributed by atoms with Crippen LogP contribution in [0.2, 0.25) is 0 Å². The lowest BCUT2D eigenvalue weighted by Gasteiger charge is -2.43. The van der Waals surface area contributed by atoms with Crippen molar-refractivity contribution >= 4 is 6.16 Å². The second kappa shape index (κ2) is 13.0. The quantitative estimate of drug-likeness (QED) is 0.305. The maximum absolute atomic E-state index is 12.0. The minimum atomic E-state index is -0.675. The van der Waals surface area contributed by atoms with Gasteiger partial charge >= 0.3 is 6.16 Å². The zero-order valence-electron chi connectivity index (χ0n) is 20.3. The summed E-state index contributed by atoms with van der Waals surface area (Å²) in [6, 6.07) is 30.5. The average molecular weight is 475 g/mol. The summed E-state index contributed by atoms with van der Waals surface area (Å²) in [6.45, 7) is 4.38. The standard InChI is InChI=1S/C29H34N2O4/c1-33-28-23-30(19-20-34-29(32)35-26-15-9-4-10-16-26)18-17-27(28)31(21-24-11-5-2-6-12-24)22-25-13-7-3-8-14-25/h2-16,27-28H,17-23H2,1H3/t27-,28+/m1/s1. The van der Waals surface area contributed by atoms with Gasteiger partial charge in [0.15, 0.2) is 0 Å². The van der Waals surface area contributed by atoms with Crippen molar-refractivity contribution in [1.82, 2.24) is 9.80 Å². The fourth-order valence-corrected chi connectivity index (χ4v) is 4.62. The molecule has 3 aromatic rings. The summed E-state index contributed by atoms with van der Waals surface area (Å²) in [5, 5.41) is 0. The monoisotopic (exact) mass is 474 g/mol. The normalized spacial score (nSPS) is 18.3. The molecule has 0 aromatic heterocycles. The van der Waals surface area contributed by atoms with Crippen LogP contribution in [0.1, 0.15) is 17.5 Å². The number of rotatable bonds is 10. The first-order chi connectivity index (χ1) is 17.2. The van der Waals surface area contributed by atoms with Crippen LogP contribution in [0.3, 0.4) is 0 Å². The van der Waals surface area contributed by atoms with Gasteiger partial charge in [0.2, 0.25) is 0 Å². The first-order valence-electron chi connectivity index (χ1n) is 12.2. The summed E-state index contributed by atoms with van der Waals surface area (Å²) >= 11 is 0. The highest BCUT2D eigenvalue weighted by atomic mass is 16.7. The number of ether oxygens (including phenoxy) is 3. The summed E-state index contributed by atoms with van der Waals surface area (Å²) in [7, 11) is 1.79. The molecule has 0 aliphatic carbocycles. The molecule has 1 aliphatic heterocycles. The van der Waals surface area contributed by atoms with Gasteiger partial charge in [-0.1, -0.05) is 78.9 Å². The number of carbonyl (C=O) groups is 1. The smallest absolute Gasteiger partial charge is 0.433 e. The zero-order chi connectivity index (χ0) is 24.3. The van der Waals surface area contributed by atoms with Crippen molar-refractivity contribution in [2.75, 3.05) is 33.4 Å². The molecule has 3 aromatic carbocycles. The molecular formula is C29H34N2O4. The van der Waals surface area contributed by atoms with Crippen LogP contribution in [0.25, 0.3) is 0 Å². The van der Waals surface area contributed by atoms with Gasteiger partial charge in [-0.05, 0) is 36.2 Å². The van der Waals surface area contributed by atoms with E-state index in [9.17, 15) is 4.79 Å². The van der Waals surface area contributed by atoms with Crippen molar-refractivity contribution in [3.63, 3.8) is 0 Å². The van der Waals surface area contributed by atoms with Gasteiger partial charge < -0.3 is 14.2 Å². The van der Waals surface area contributed by atoms with Crippen LogP contribution in [0.15, 0.2) is 91.0 Å². The molecule has 0 amide bonds. The molecule has 2 atom stereocenters. The van der Waals surface area contributed by atoms with Crippen LogP contribution in [0.4, 0.5) is 4.79 Å². The van der Waals surface area contributed by atoms with Gasteiger partial charge in [-0.25, -0.2) is 4.79 Å². The minimum absolute atomic E-state index is 0.0624. The lowest BCUT2D eigenvalue weighted by molar-refractivity contribution is -0.0468. The Morgan fingerprint density at radius 3 is 2.03 bits per heavy atom. The molecule has 0 N–H and O–H groups in total. The maximum Gasteiger partial charge on any atom is 0.513 e. The van der Waals surface area contributed by atoms with Crippen molar-refractivity contribution in [2.24, 2.45) is 0 Å². The molecule has 1 fully saturated rings. The van der Waals surface area contributed by atoms with Gasteiger partial charge in [0, 0.05) is 39.3 Å². The number of carbonyl (C=O) groups excluding carboxylic acids is 1. The first-order valence-corrected chi connectivity index (χ1v) is 12.2. The van der Waals surface area contributed by atoms with Gasteiger partial charge in [0.1, 0.15) is 12.4 Å². The van der Waals surface area contributed by atoms with E-state index < -0.39 is 6.16 Å². The number of hydrogen-bond acceptors (Lipinski definition) is 6. The van der Waals surface area contributed by atoms with Gasteiger partial charge in [-0.3, -0.25) is 9.80 Å². The van der Waals surface area contributed by atoms with Crippen molar-refractivity contribution in [2.45, 2.75) is 31.7 Å². The molecule has 0 unspecified atom stereocenters. The Morgan fingerprint density at radius 1 is 0.886 bits per heavy atom. The summed E-state index contributed by atoms with van der Waals surface area (Å²) in [4.78, 5) is 16.8. The molecule has 1 saturated heterocycles. The topological polar surface area (TPSA) is 51.2 Å². The third-order valence-electron chi connectivity index (χ3n) is 6.41. The van der Waals surface area contributed by atoms with Crippen molar-refractivity contribution < 1.29 is 19.0 Å². The second-order valence-electron chi connectivity index (χ2n) is 8.82. The fourth-order valence-electron chi connectivity index (χ4n) is 4.62. The molecule has 6 nitrogen and oxygen atoms in total. The van der Waals surface area contributed by atoms with Crippen LogP contribution in [0, 0.1) is 0 Å². The van der Waals surface area contributed by atoms with Crippen LogP contribution >= 0.6 is 0 Å². The molecule has 35 heavy (non-hydrogen) atoms. The predicted octanol–water partition coefficient (Wildman–Crippen LogP) is 4.99. The molecule has 0 radical (unpaired) electrons. The van der Waals surface area contributed by atoms with Crippen molar-refractivity contribution in [3.8, 4) is 5.75 Å². The number of methoxy groups -OCH3 is 1. The van der Waals surface area contributed by atoms with Crippen LogP contribution in [0.5, 0.6) is 5.75 Å². The Balaban J connectivity index is 1.32. The second-order valence-corrected chi connectivity index (χ2v) is 8.82. The molecule has 0 bridgehead atoms. The third kappa shape index (κ3) is 7.65. The summed E-state index contributed by atoms with van der Waals surface area (Å²) in [6.07, 6.45) is 0.367. The Bertz CT molecular complexity index is 975. The number of para-hydroxylation sites is 1. The number of benzene rings is 3. The van der Waals surface area contributed by atoms with Gasteiger partial charge in [0.05, 0.1) is 6.10 Å². The number of hydrogen-bond donors (Lipinski definition) is 0. The average Bonchev–Trinajstić information content (AvgIpc) is 2.90. The number of nitrogens with zero attached hydrogens (tertiary/aromatic N) is 2.